The molecular formula is C13H10BrN5. The highest BCUT2D eigenvalue weighted by Gasteiger charge is 2.08. The molecule has 0 aliphatic carbocycles. The van der Waals surface area contributed by atoms with Crippen molar-refractivity contribution in [3.05, 3.63) is 53.4 Å². The van der Waals surface area contributed by atoms with E-state index >= 15 is 0 Å². The maximum Gasteiger partial charge on any atom is 0.222 e. The minimum Gasteiger partial charge on any atom is -0.368 e. The molecule has 5 nitrogen and oxygen atoms in total. The van der Waals surface area contributed by atoms with Gasteiger partial charge in [0, 0.05) is 18.0 Å². The van der Waals surface area contributed by atoms with Gasteiger partial charge in [-0.25, -0.2) is 9.67 Å². The van der Waals surface area contributed by atoms with Crippen LogP contribution in [0.5, 0.6) is 0 Å². The molecule has 0 saturated carbocycles. The number of halogens is 1. The summed E-state index contributed by atoms with van der Waals surface area (Å²) in [6.07, 6.45) is 5.31. The van der Waals surface area contributed by atoms with E-state index in [1.54, 1.807) is 17.1 Å². The van der Waals surface area contributed by atoms with Crippen LogP contribution in [0.2, 0.25) is 0 Å². The normalized spacial score (nSPS) is 10.6. The third kappa shape index (κ3) is 2.34. The topological polar surface area (TPSA) is 69.6 Å². The summed E-state index contributed by atoms with van der Waals surface area (Å²) in [5.41, 5.74) is 7.72. The summed E-state index contributed by atoms with van der Waals surface area (Å²) in [4.78, 5) is 8.08. The first-order valence-electron chi connectivity index (χ1n) is 5.62. The van der Waals surface area contributed by atoms with Gasteiger partial charge in [0.25, 0.3) is 0 Å². The number of hydrogen-bond donors (Lipinski definition) is 1. The van der Waals surface area contributed by atoms with Crippen LogP contribution in [0.3, 0.4) is 0 Å². The predicted octanol–water partition coefficient (Wildman–Crippen LogP) is 2.67. The van der Waals surface area contributed by atoms with Crippen molar-refractivity contribution in [2.45, 2.75) is 0 Å². The lowest BCUT2D eigenvalue weighted by Gasteiger charge is -2.03. The second-order valence-electron chi connectivity index (χ2n) is 3.94. The SMILES string of the molecule is Nc1ncc(Br)c(-n2cc(-c3ccccc3)cn2)n1. The molecule has 3 rings (SSSR count). The highest BCUT2D eigenvalue weighted by Crippen LogP contribution is 2.22. The summed E-state index contributed by atoms with van der Waals surface area (Å²) in [5.74, 6) is 0.838. The zero-order valence-corrected chi connectivity index (χ0v) is 11.4. The fourth-order valence-electron chi connectivity index (χ4n) is 1.75. The van der Waals surface area contributed by atoms with E-state index in [2.05, 4.69) is 31.0 Å². The molecule has 0 radical (unpaired) electrons. The van der Waals surface area contributed by atoms with Gasteiger partial charge in [0.15, 0.2) is 5.82 Å². The standard InChI is InChI=1S/C13H10BrN5/c14-11-7-16-13(15)18-12(11)19-8-10(6-17-19)9-4-2-1-3-5-9/h1-8H,(H2,15,16,18). The van der Waals surface area contributed by atoms with Crippen LogP contribution in [0.25, 0.3) is 16.9 Å². The van der Waals surface area contributed by atoms with Gasteiger partial charge in [-0.2, -0.15) is 10.1 Å². The van der Waals surface area contributed by atoms with Crippen molar-refractivity contribution >= 4 is 21.9 Å². The van der Waals surface area contributed by atoms with Gasteiger partial charge >= 0.3 is 0 Å². The Balaban J connectivity index is 2.04. The van der Waals surface area contributed by atoms with Crippen molar-refractivity contribution < 1.29 is 0 Å². The van der Waals surface area contributed by atoms with Crippen molar-refractivity contribution in [1.29, 1.82) is 0 Å². The third-order valence-electron chi connectivity index (χ3n) is 2.65. The molecule has 0 fully saturated rings. The maximum atomic E-state index is 5.60. The molecule has 0 atom stereocenters. The lowest BCUT2D eigenvalue weighted by molar-refractivity contribution is 0.837. The molecule has 0 bridgehead atoms. The van der Waals surface area contributed by atoms with Crippen LogP contribution < -0.4 is 5.73 Å². The third-order valence-corrected chi connectivity index (χ3v) is 3.21. The van der Waals surface area contributed by atoms with Gasteiger partial charge in [0.2, 0.25) is 5.95 Å². The van der Waals surface area contributed by atoms with Gasteiger partial charge < -0.3 is 5.73 Å². The molecular weight excluding hydrogens is 306 g/mol. The van der Waals surface area contributed by atoms with Crippen LogP contribution in [-0.4, -0.2) is 19.7 Å². The van der Waals surface area contributed by atoms with Gasteiger partial charge in [-0.1, -0.05) is 30.3 Å². The van der Waals surface area contributed by atoms with Crippen LogP contribution >= 0.6 is 15.9 Å². The van der Waals surface area contributed by atoms with E-state index in [1.807, 2.05) is 36.5 Å². The molecule has 0 aliphatic heterocycles. The monoisotopic (exact) mass is 315 g/mol. The summed E-state index contributed by atoms with van der Waals surface area (Å²) in [5, 5.41) is 4.31. The molecule has 0 unspecified atom stereocenters. The molecule has 0 spiro atoms. The largest absolute Gasteiger partial charge is 0.368 e. The number of nitrogens with two attached hydrogens (primary N) is 1. The van der Waals surface area contributed by atoms with Crippen molar-refractivity contribution in [3.8, 4) is 16.9 Å². The number of aromatic nitrogens is 4. The number of rotatable bonds is 2. The lowest BCUT2D eigenvalue weighted by atomic mass is 10.1. The molecule has 2 aromatic heterocycles. The van der Waals surface area contributed by atoms with Gasteiger partial charge in [0.05, 0.1) is 10.7 Å². The van der Waals surface area contributed by atoms with E-state index < -0.39 is 0 Å². The van der Waals surface area contributed by atoms with Crippen molar-refractivity contribution in [1.82, 2.24) is 19.7 Å². The fraction of sp³-hybridized carbons (Fsp3) is 0. The smallest absolute Gasteiger partial charge is 0.222 e. The van der Waals surface area contributed by atoms with E-state index in [-0.39, 0.29) is 5.95 Å². The lowest BCUT2D eigenvalue weighted by Crippen LogP contribution is -2.03. The quantitative estimate of drug-likeness (QED) is 0.789. The molecule has 19 heavy (non-hydrogen) atoms. The van der Waals surface area contributed by atoms with E-state index in [1.165, 1.54) is 0 Å². The summed E-state index contributed by atoms with van der Waals surface area (Å²) in [6.45, 7) is 0. The number of nitrogens with zero attached hydrogens (tertiary/aromatic N) is 4. The second kappa shape index (κ2) is 4.81. The van der Waals surface area contributed by atoms with Gasteiger partial charge in [0.1, 0.15) is 0 Å². The maximum absolute atomic E-state index is 5.60. The van der Waals surface area contributed by atoms with Crippen LogP contribution in [0.4, 0.5) is 5.95 Å². The van der Waals surface area contributed by atoms with Gasteiger partial charge in [-0.15, -0.1) is 0 Å². The van der Waals surface area contributed by atoms with Crippen LogP contribution in [0, 0.1) is 0 Å². The van der Waals surface area contributed by atoms with Gasteiger partial charge in [-0.05, 0) is 21.5 Å². The van der Waals surface area contributed by atoms with E-state index in [0.29, 0.717) is 5.82 Å². The highest BCUT2D eigenvalue weighted by molar-refractivity contribution is 9.10. The Morgan fingerprint density at radius 3 is 2.63 bits per heavy atom. The van der Waals surface area contributed by atoms with E-state index in [0.717, 1.165) is 15.6 Å². The van der Waals surface area contributed by atoms with Crippen molar-refractivity contribution in [2.24, 2.45) is 0 Å². The van der Waals surface area contributed by atoms with Crippen LogP contribution in [0.1, 0.15) is 0 Å². The molecule has 0 saturated heterocycles. The summed E-state index contributed by atoms with van der Waals surface area (Å²) >= 11 is 3.39. The Kier molecular flexibility index (Phi) is 3.00. The molecule has 3 aromatic rings. The first-order valence-corrected chi connectivity index (χ1v) is 6.42. The molecule has 2 heterocycles. The first-order chi connectivity index (χ1) is 9.24. The zero-order valence-electron chi connectivity index (χ0n) is 9.86. The van der Waals surface area contributed by atoms with Crippen molar-refractivity contribution in [3.63, 3.8) is 0 Å². The Morgan fingerprint density at radius 2 is 1.84 bits per heavy atom. The number of benzene rings is 1. The molecule has 1 aromatic carbocycles. The Hall–Kier alpha value is -2.21. The summed E-state index contributed by atoms with van der Waals surface area (Å²) < 4.78 is 2.41. The minimum absolute atomic E-state index is 0.218. The van der Waals surface area contributed by atoms with Crippen molar-refractivity contribution in [2.75, 3.05) is 5.73 Å². The number of hydrogen-bond acceptors (Lipinski definition) is 4. The van der Waals surface area contributed by atoms with Crippen LogP contribution in [0.15, 0.2) is 53.4 Å². The van der Waals surface area contributed by atoms with Gasteiger partial charge in [-0.3, -0.25) is 0 Å². The Bertz CT molecular complexity index is 708. The molecule has 94 valence electrons. The number of anilines is 1. The molecule has 0 aliphatic rings. The Labute approximate surface area is 118 Å². The molecule has 6 heteroatoms. The van der Waals surface area contributed by atoms with Crippen LogP contribution in [-0.2, 0) is 0 Å². The minimum atomic E-state index is 0.218. The first kappa shape index (κ1) is 11.9. The summed E-state index contributed by atoms with van der Waals surface area (Å²) in [7, 11) is 0. The average molecular weight is 316 g/mol. The average Bonchev–Trinajstić information content (AvgIpc) is 2.92. The summed E-state index contributed by atoms with van der Waals surface area (Å²) in [6, 6.07) is 10.0. The van der Waals surface area contributed by atoms with E-state index in [9.17, 15) is 0 Å². The second-order valence-corrected chi connectivity index (χ2v) is 4.79. The fourth-order valence-corrected chi connectivity index (χ4v) is 2.12. The molecule has 0 amide bonds. The zero-order chi connectivity index (χ0) is 13.2. The highest BCUT2D eigenvalue weighted by atomic mass is 79.9. The molecule has 2 N–H and O–H groups in total. The predicted molar refractivity (Wildman–Crippen MR) is 76.7 cm³/mol. The Morgan fingerprint density at radius 1 is 1.05 bits per heavy atom. The van der Waals surface area contributed by atoms with E-state index in [4.69, 9.17) is 5.73 Å². The number of nitrogen functional groups attached to an aromatic ring is 1.